The Hall–Kier alpha value is -3.83. The van der Waals surface area contributed by atoms with Crippen molar-refractivity contribution in [2.24, 2.45) is 17.3 Å². The van der Waals surface area contributed by atoms with Crippen LogP contribution in [0, 0.1) is 17.3 Å². The Morgan fingerprint density at radius 1 is 1.02 bits per heavy atom. The third kappa shape index (κ3) is 8.83. The van der Waals surface area contributed by atoms with Gasteiger partial charge < -0.3 is 35.1 Å². The van der Waals surface area contributed by atoms with E-state index in [4.69, 9.17) is 14.2 Å². The molecule has 3 unspecified atom stereocenters. The van der Waals surface area contributed by atoms with Gasteiger partial charge in [0, 0.05) is 13.1 Å². The van der Waals surface area contributed by atoms with E-state index < -0.39 is 47.7 Å². The molecule has 12 heteroatoms. The number of nitrogens with one attached hydrogen (secondary N) is 3. The number of alkyl carbamates (subject to hydrolysis) is 2. The van der Waals surface area contributed by atoms with Gasteiger partial charge in [0.05, 0.1) is 7.11 Å². The van der Waals surface area contributed by atoms with Crippen molar-refractivity contribution >= 4 is 30.0 Å². The molecule has 4 amide bonds. The summed E-state index contributed by atoms with van der Waals surface area (Å²) in [6, 6.07) is 7.65. The molecule has 0 bridgehead atoms. The van der Waals surface area contributed by atoms with Gasteiger partial charge >= 0.3 is 18.2 Å². The summed E-state index contributed by atoms with van der Waals surface area (Å²) in [7, 11) is 1.25. The SMILES string of the molecule is COC(=O)C(CCCCNC(=O)OCc1ccccc1)NC(=O)[C@@H]1C2C(CN1C(=O)CNC(=O)OC(C)(C)C)C2(C)C. The topological polar surface area (TPSA) is 152 Å². The van der Waals surface area contributed by atoms with E-state index in [1.165, 1.54) is 12.0 Å². The molecule has 3 N–H and O–H groups in total. The molecule has 2 fully saturated rings. The van der Waals surface area contributed by atoms with Gasteiger partial charge in [-0.1, -0.05) is 44.2 Å². The van der Waals surface area contributed by atoms with Crippen LogP contribution in [0.4, 0.5) is 9.59 Å². The van der Waals surface area contributed by atoms with Crippen LogP contribution in [0.2, 0.25) is 0 Å². The van der Waals surface area contributed by atoms with E-state index in [1.807, 2.05) is 30.3 Å². The number of hydrogen-bond donors (Lipinski definition) is 3. The third-order valence-electron chi connectivity index (χ3n) is 7.78. The Kier molecular flexibility index (Phi) is 10.8. The molecule has 1 aliphatic heterocycles. The molecule has 1 aromatic carbocycles. The van der Waals surface area contributed by atoms with Crippen LogP contribution < -0.4 is 16.0 Å². The minimum absolute atomic E-state index is 0.0626. The van der Waals surface area contributed by atoms with Gasteiger partial charge in [0.15, 0.2) is 0 Å². The molecule has 4 atom stereocenters. The molecule has 1 saturated heterocycles. The fourth-order valence-corrected chi connectivity index (χ4v) is 5.49. The zero-order valence-corrected chi connectivity index (χ0v) is 25.4. The maximum absolute atomic E-state index is 13.5. The van der Waals surface area contributed by atoms with Crippen molar-refractivity contribution in [1.82, 2.24) is 20.9 Å². The molecule has 42 heavy (non-hydrogen) atoms. The van der Waals surface area contributed by atoms with Gasteiger partial charge in [-0.3, -0.25) is 9.59 Å². The number of rotatable bonds is 12. The predicted molar refractivity (Wildman–Crippen MR) is 153 cm³/mol. The lowest BCUT2D eigenvalue weighted by Gasteiger charge is -2.31. The molecule has 1 aromatic rings. The highest BCUT2D eigenvalue weighted by atomic mass is 16.6. The fourth-order valence-electron chi connectivity index (χ4n) is 5.49. The van der Waals surface area contributed by atoms with Crippen LogP contribution in [0.3, 0.4) is 0 Å². The Labute approximate surface area is 247 Å². The Morgan fingerprint density at radius 3 is 2.36 bits per heavy atom. The largest absolute Gasteiger partial charge is 0.467 e. The van der Waals surface area contributed by atoms with Crippen molar-refractivity contribution in [1.29, 1.82) is 0 Å². The molecule has 3 rings (SSSR count). The van der Waals surface area contributed by atoms with E-state index in [9.17, 15) is 24.0 Å². The quantitative estimate of drug-likeness (QED) is 0.192. The molecule has 2 aliphatic rings. The molecule has 0 radical (unpaired) electrons. The number of carbonyl (C=O) groups excluding carboxylic acids is 5. The van der Waals surface area contributed by atoms with Crippen molar-refractivity contribution in [2.75, 3.05) is 26.7 Å². The first-order chi connectivity index (χ1) is 19.7. The van der Waals surface area contributed by atoms with E-state index in [2.05, 4.69) is 29.8 Å². The van der Waals surface area contributed by atoms with Gasteiger partial charge in [0.2, 0.25) is 11.8 Å². The van der Waals surface area contributed by atoms with Crippen LogP contribution in [-0.4, -0.2) is 79.3 Å². The average Bonchev–Trinajstić information content (AvgIpc) is 3.24. The highest BCUT2D eigenvalue weighted by molar-refractivity contribution is 5.93. The molecule has 232 valence electrons. The third-order valence-corrected chi connectivity index (χ3v) is 7.78. The van der Waals surface area contributed by atoms with E-state index >= 15 is 0 Å². The van der Waals surface area contributed by atoms with E-state index in [1.54, 1.807) is 20.8 Å². The summed E-state index contributed by atoms with van der Waals surface area (Å²) in [5.41, 5.74) is 0.0466. The molecule has 0 aromatic heterocycles. The number of unbranched alkanes of at least 4 members (excludes halogenated alkanes) is 1. The molecular weight excluding hydrogens is 544 g/mol. The van der Waals surface area contributed by atoms with Gasteiger partial charge in [-0.15, -0.1) is 0 Å². The van der Waals surface area contributed by atoms with Gasteiger partial charge in [-0.25, -0.2) is 14.4 Å². The van der Waals surface area contributed by atoms with E-state index in [-0.39, 0.29) is 36.8 Å². The number of nitrogens with zero attached hydrogens (tertiary/aromatic N) is 1. The molecule has 1 aliphatic carbocycles. The number of amides is 4. The number of benzene rings is 1. The number of piperidine rings is 1. The number of esters is 1. The summed E-state index contributed by atoms with van der Waals surface area (Å²) >= 11 is 0. The van der Waals surface area contributed by atoms with Crippen molar-refractivity contribution in [3.63, 3.8) is 0 Å². The lowest BCUT2D eigenvalue weighted by Crippen LogP contribution is -2.55. The monoisotopic (exact) mass is 588 g/mol. The first-order valence-electron chi connectivity index (χ1n) is 14.3. The van der Waals surface area contributed by atoms with Gasteiger partial charge in [0.25, 0.3) is 0 Å². The molecule has 0 spiro atoms. The van der Waals surface area contributed by atoms with Crippen molar-refractivity contribution in [3.8, 4) is 0 Å². The van der Waals surface area contributed by atoms with Gasteiger partial charge in [-0.05, 0) is 62.8 Å². The van der Waals surface area contributed by atoms with Crippen LogP contribution in [0.15, 0.2) is 30.3 Å². The van der Waals surface area contributed by atoms with Gasteiger partial charge in [-0.2, -0.15) is 0 Å². The molecule has 1 heterocycles. The Balaban J connectivity index is 1.50. The van der Waals surface area contributed by atoms with Crippen LogP contribution in [0.25, 0.3) is 0 Å². The summed E-state index contributed by atoms with van der Waals surface area (Å²) in [6.07, 6.45) is 0.101. The maximum atomic E-state index is 13.5. The lowest BCUT2D eigenvalue weighted by atomic mass is 9.99. The molecule has 1 saturated carbocycles. The summed E-state index contributed by atoms with van der Waals surface area (Å²) in [5, 5.41) is 7.93. The summed E-state index contributed by atoms with van der Waals surface area (Å²) in [4.78, 5) is 64.5. The summed E-state index contributed by atoms with van der Waals surface area (Å²) < 4.78 is 15.3. The lowest BCUT2D eigenvalue weighted by molar-refractivity contribution is -0.147. The van der Waals surface area contributed by atoms with Crippen molar-refractivity contribution in [3.05, 3.63) is 35.9 Å². The average molecular weight is 589 g/mol. The number of methoxy groups -OCH3 is 1. The zero-order valence-electron chi connectivity index (χ0n) is 25.4. The minimum atomic E-state index is -0.912. The zero-order chi connectivity index (χ0) is 31.1. The molecular formula is C30H44N4O8. The fraction of sp³-hybridized carbons (Fsp3) is 0.633. The second-order valence-electron chi connectivity index (χ2n) is 12.4. The smallest absolute Gasteiger partial charge is 0.408 e. The number of carbonyl (C=O) groups is 5. The number of likely N-dealkylation sites (tertiary alicyclic amines) is 1. The first kappa shape index (κ1) is 32.7. The Bertz CT molecular complexity index is 1130. The predicted octanol–water partition coefficient (Wildman–Crippen LogP) is 2.75. The van der Waals surface area contributed by atoms with Crippen LogP contribution in [0.5, 0.6) is 0 Å². The number of ether oxygens (including phenoxy) is 3. The number of hydrogen-bond acceptors (Lipinski definition) is 8. The van der Waals surface area contributed by atoms with Crippen molar-refractivity contribution < 1.29 is 38.2 Å². The Morgan fingerprint density at radius 2 is 1.71 bits per heavy atom. The summed E-state index contributed by atoms with van der Waals surface area (Å²) in [5.74, 6) is -1.34. The summed E-state index contributed by atoms with van der Waals surface area (Å²) in [6.45, 7) is 9.86. The number of fused-ring (bicyclic) bond motifs is 1. The second kappa shape index (κ2) is 13.9. The first-order valence-corrected chi connectivity index (χ1v) is 14.3. The highest BCUT2D eigenvalue weighted by Gasteiger charge is 2.69. The van der Waals surface area contributed by atoms with Gasteiger partial charge in [0.1, 0.15) is 30.8 Å². The highest BCUT2D eigenvalue weighted by Crippen LogP contribution is 2.64. The standard InChI is InChI=1S/C30H44N4O8/c1-29(2,3)42-28(39)32-16-22(35)34-17-20-23(30(20,4)5)24(34)25(36)33-21(26(37)40-6)14-10-11-15-31-27(38)41-18-19-12-8-7-9-13-19/h7-9,12-13,20-21,23-24H,10-11,14-18H2,1-6H3,(H,31,38)(H,32,39)(H,33,36)/t20?,21?,23?,24-/m0/s1. The van der Waals surface area contributed by atoms with Crippen molar-refractivity contribution in [2.45, 2.75) is 78.2 Å². The minimum Gasteiger partial charge on any atom is -0.467 e. The van der Waals surface area contributed by atoms with Crippen LogP contribution in [0.1, 0.15) is 59.4 Å². The maximum Gasteiger partial charge on any atom is 0.408 e. The van der Waals surface area contributed by atoms with E-state index in [0.717, 1.165) is 5.56 Å². The second-order valence-corrected chi connectivity index (χ2v) is 12.4. The van der Waals surface area contributed by atoms with Crippen LogP contribution >= 0.6 is 0 Å². The molecule has 12 nitrogen and oxygen atoms in total. The normalized spacial score (nSPS) is 20.9. The van der Waals surface area contributed by atoms with E-state index in [0.29, 0.717) is 25.9 Å². The van der Waals surface area contributed by atoms with Crippen LogP contribution in [-0.2, 0) is 35.2 Å².